The van der Waals surface area contributed by atoms with Crippen LogP contribution in [0.4, 0.5) is 5.95 Å². The van der Waals surface area contributed by atoms with Crippen LogP contribution < -0.4 is 15.7 Å². The fraction of sp³-hybridized carbons (Fsp3) is 0.500. The molecule has 10 heteroatoms. The van der Waals surface area contributed by atoms with Gasteiger partial charge in [-0.3, -0.25) is 19.3 Å². The molecule has 2 N–H and O–H groups in total. The second kappa shape index (κ2) is 10.0. The zero-order valence-electron chi connectivity index (χ0n) is 18.5. The van der Waals surface area contributed by atoms with Crippen LogP contribution in [0, 0.1) is 6.92 Å². The molecule has 0 atom stereocenters. The van der Waals surface area contributed by atoms with Gasteiger partial charge in [0.05, 0.1) is 24.5 Å². The van der Waals surface area contributed by atoms with Crippen LogP contribution in [0.3, 0.4) is 0 Å². The lowest BCUT2D eigenvalue weighted by Crippen LogP contribution is -2.52. The molecule has 0 unspecified atom stereocenters. The van der Waals surface area contributed by atoms with Crippen molar-refractivity contribution in [2.24, 2.45) is 0 Å². The highest BCUT2D eigenvalue weighted by Crippen LogP contribution is 2.23. The molecule has 0 bridgehead atoms. The zero-order chi connectivity index (χ0) is 22.5. The molecule has 1 saturated carbocycles. The van der Waals surface area contributed by atoms with Gasteiger partial charge < -0.3 is 10.2 Å². The smallest absolute Gasteiger partial charge is 0.257 e. The number of hydrogen-bond acceptors (Lipinski definition) is 8. The Balaban J connectivity index is 1.21. The first kappa shape index (κ1) is 22.1. The molecule has 2 aliphatic rings. The Hall–Kier alpha value is -3.11. The van der Waals surface area contributed by atoms with E-state index in [1.54, 1.807) is 6.20 Å². The molecule has 1 aromatic heterocycles. The summed E-state index contributed by atoms with van der Waals surface area (Å²) < 4.78 is 0. The van der Waals surface area contributed by atoms with E-state index < -0.39 is 0 Å². The van der Waals surface area contributed by atoms with Gasteiger partial charge in [0.15, 0.2) is 0 Å². The number of amides is 2. The van der Waals surface area contributed by atoms with Crippen LogP contribution in [-0.2, 0) is 14.4 Å². The van der Waals surface area contributed by atoms with Crippen molar-refractivity contribution in [3.63, 3.8) is 0 Å². The van der Waals surface area contributed by atoms with Gasteiger partial charge in [0, 0.05) is 44.7 Å². The number of hydroxylamine groups is 1. The monoisotopic (exact) mass is 439 g/mol. The Kier molecular flexibility index (Phi) is 6.91. The maximum Gasteiger partial charge on any atom is 0.257 e. The van der Waals surface area contributed by atoms with Gasteiger partial charge >= 0.3 is 0 Å². The van der Waals surface area contributed by atoms with Crippen molar-refractivity contribution < 1.29 is 14.4 Å². The Bertz CT molecular complexity index is 956. The van der Waals surface area contributed by atoms with E-state index in [9.17, 15) is 9.59 Å². The van der Waals surface area contributed by atoms with E-state index in [0.29, 0.717) is 31.9 Å². The first-order valence-electron chi connectivity index (χ1n) is 10.9. The Morgan fingerprint density at radius 1 is 1.16 bits per heavy atom. The second-order valence-corrected chi connectivity index (χ2v) is 8.35. The summed E-state index contributed by atoms with van der Waals surface area (Å²) in [6.45, 7) is 6.70. The SMILES string of the molecule is CC(=O)NC1CC(ONC(=O)CN2CCN(c3nncc(-c4ccccc4C)n3)CC2)C1. The molecule has 4 rings (SSSR count). The molecule has 2 aromatic rings. The van der Waals surface area contributed by atoms with Crippen LogP contribution >= 0.6 is 0 Å². The van der Waals surface area contributed by atoms with Crippen molar-refractivity contribution in [3.8, 4) is 11.3 Å². The number of aryl methyl sites for hydroxylation is 1. The summed E-state index contributed by atoms with van der Waals surface area (Å²) in [5.41, 5.74) is 5.54. The predicted octanol–water partition coefficient (Wildman–Crippen LogP) is 0.684. The topological polar surface area (TPSA) is 113 Å². The molecule has 2 fully saturated rings. The third kappa shape index (κ3) is 5.57. The minimum Gasteiger partial charge on any atom is -0.353 e. The molecule has 1 aliphatic carbocycles. The number of hydrogen-bond donors (Lipinski definition) is 2. The Labute approximate surface area is 187 Å². The fourth-order valence-electron chi connectivity index (χ4n) is 3.98. The quantitative estimate of drug-likeness (QED) is 0.606. The molecule has 2 amide bonds. The van der Waals surface area contributed by atoms with E-state index >= 15 is 0 Å². The number of nitrogens with one attached hydrogen (secondary N) is 2. The average Bonchev–Trinajstić information content (AvgIpc) is 2.76. The van der Waals surface area contributed by atoms with E-state index in [1.165, 1.54) is 6.92 Å². The summed E-state index contributed by atoms with van der Waals surface area (Å²) in [7, 11) is 0. The molecule has 1 aromatic carbocycles. The molecule has 0 radical (unpaired) electrons. The summed E-state index contributed by atoms with van der Waals surface area (Å²) >= 11 is 0. The number of nitrogens with zero attached hydrogens (tertiary/aromatic N) is 5. The summed E-state index contributed by atoms with van der Waals surface area (Å²) in [4.78, 5) is 37.5. The number of benzene rings is 1. The maximum atomic E-state index is 12.2. The Morgan fingerprint density at radius 2 is 1.91 bits per heavy atom. The first-order valence-corrected chi connectivity index (χ1v) is 10.9. The highest BCUT2D eigenvalue weighted by Gasteiger charge is 2.31. The lowest BCUT2D eigenvalue weighted by atomic mass is 9.89. The van der Waals surface area contributed by atoms with Gasteiger partial charge in [0.1, 0.15) is 0 Å². The van der Waals surface area contributed by atoms with Crippen LogP contribution in [-0.4, -0.2) is 76.8 Å². The lowest BCUT2D eigenvalue weighted by molar-refractivity contribution is -0.147. The van der Waals surface area contributed by atoms with E-state index in [1.807, 2.05) is 18.2 Å². The summed E-state index contributed by atoms with van der Waals surface area (Å²) in [6, 6.07) is 8.22. The number of carbonyl (C=O) groups excluding carboxylic acids is 2. The second-order valence-electron chi connectivity index (χ2n) is 8.35. The number of carbonyl (C=O) groups is 2. The highest BCUT2D eigenvalue weighted by atomic mass is 16.7. The van der Waals surface area contributed by atoms with Gasteiger partial charge in [-0.2, -0.15) is 5.10 Å². The third-order valence-corrected chi connectivity index (χ3v) is 5.83. The molecule has 1 saturated heterocycles. The normalized spacial score (nSPS) is 21.0. The standard InChI is InChI=1S/C22H29N7O3/c1-15-5-3-4-6-19(15)20-13-23-26-22(25-20)29-9-7-28(8-10-29)14-21(31)27-32-18-11-17(12-18)24-16(2)30/h3-6,13,17-18H,7-12,14H2,1-2H3,(H,24,30)(H,27,31). The van der Waals surface area contributed by atoms with Crippen molar-refractivity contribution in [1.29, 1.82) is 0 Å². The van der Waals surface area contributed by atoms with Crippen LogP contribution in [0.25, 0.3) is 11.3 Å². The number of piperazine rings is 1. The van der Waals surface area contributed by atoms with Gasteiger partial charge in [-0.25, -0.2) is 10.5 Å². The van der Waals surface area contributed by atoms with Crippen LogP contribution in [0.5, 0.6) is 0 Å². The molecule has 0 spiro atoms. The number of aromatic nitrogens is 3. The van der Waals surface area contributed by atoms with Gasteiger partial charge in [-0.1, -0.05) is 24.3 Å². The summed E-state index contributed by atoms with van der Waals surface area (Å²) in [6.07, 6.45) is 3.08. The van der Waals surface area contributed by atoms with Crippen LogP contribution in [0.15, 0.2) is 30.5 Å². The van der Waals surface area contributed by atoms with E-state index in [0.717, 1.165) is 29.9 Å². The van der Waals surface area contributed by atoms with E-state index in [4.69, 9.17) is 9.82 Å². The molecule has 2 heterocycles. The van der Waals surface area contributed by atoms with Crippen molar-refractivity contribution in [2.45, 2.75) is 38.8 Å². The third-order valence-electron chi connectivity index (χ3n) is 5.83. The molecular weight excluding hydrogens is 410 g/mol. The average molecular weight is 440 g/mol. The number of rotatable bonds is 7. The lowest BCUT2D eigenvalue weighted by Gasteiger charge is -2.35. The highest BCUT2D eigenvalue weighted by molar-refractivity contribution is 5.77. The van der Waals surface area contributed by atoms with Gasteiger partial charge in [-0.05, 0) is 25.3 Å². The number of anilines is 1. The van der Waals surface area contributed by atoms with Gasteiger partial charge in [0.25, 0.3) is 5.91 Å². The summed E-state index contributed by atoms with van der Waals surface area (Å²) in [5.74, 6) is 0.400. The Morgan fingerprint density at radius 3 is 2.62 bits per heavy atom. The maximum absolute atomic E-state index is 12.2. The van der Waals surface area contributed by atoms with Crippen molar-refractivity contribution in [3.05, 3.63) is 36.0 Å². The molecule has 1 aliphatic heterocycles. The van der Waals surface area contributed by atoms with Crippen LogP contribution in [0.2, 0.25) is 0 Å². The van der Waals surface area contributed by atoms with E-state index in [2.05, 4.69) is 43.8 Å². The van der Waals surface area contributed by atoms with E-state index in [-0.39, 0.29) is 30.5 Å². The van der Waals surface area contributed by atoms with Crippen LogP contribution in [0.1, 0.15) is 25.3 Å². The van der Waals surface area contributed by atoms with Crippen molar-refractivity contribution in [1.82, 2.24) is 30.9 Å². The van der Waals surface area contributed by atoms with Crippen molar-refractivity contribution >= 4 is 17.8 Å². The van der Waals surface area contributed by atoms with Gasteiger partial charge in [0.2, 0.25) is 11.9 Å². The minimum atomic E-state index is -0.166. The molecule has 32 heavy (non-hydrogen) atoms. The predicted molar refractivity (Wildman–Crippen MR) is 119 cm³/mol. The minimum absolute atomic E-state index is 0.0419. The molecule has 170 valence electrons. The molecular formula is C22H29N7O3. The van der Waals surface area contributed by atoms with Gasteiger partial charge in [-0.15, -0.1) is 5.10 Å². The first-order chi connectivity index (χ1) is 15.5. The summed E-state index contributed by atoms with van der Waals surface area (Å²) in [5, 5.41) is 11.2. The molecule has 10 nitrogen and oxygen atoms in total. The fourth-order valence-corrected chi connectivity index (χ4v) is 3.98. The van der Waals surface area contributed by atoms with Crippen molar-refractivity contribution in [2.75, 3.05) is 37.6 Å². The largest absolute Gasteiger partial charge is 0.353 e. The zero-order valence-corrected chi connectivity index (χ0v) is 18.5.